The van der Waals surface area contributed by atoms with Gasteiger partial charge in [0.15, 0.2) is 11.6 Å². The number of anilines is 1. The Hall–Kier alpha value is -1.98. The number of benzene rings is 1. The number of halogens is 3. The maximum atomic E-state index is 12.9. The highest BCUT2D eigenvalue weighted by Crippen LogP contribution is 2.19. The van der Waals surface area contributed by atoms with Gasteiger partial charge < -0.3 is 10.4 Å². The van der Waals surface area contributed by atoms with Crippen LogP contribution in [0.4, 0.5) is 18.9 Å². The molecule has 6 heteroatoms. The van der Waals surface area contributed by atoms with E-state index in [9.17, 15) is 18.0 Å². The molecule has 3 nitrogen and oxygen atoms in total. The Morgan fingerprint density at radius 2 is 1.80 bits per heavy atom. The average Bonchev–Trinajstić information content (AvgIpc) is 2.08. The summed E-state index contributed by atoms with van der Waals surface area (Å²) in [5.41, 5.74) is -0.603. The van der Waals surface area contributed by atoms with Gasteiger partial charge in [-0.2, -0.15) is 0 Å². The summed E-state index contributed by atoms with van der Waals surface area (Å²) in [6.07, 6.45) is 1.49. The van der Waals surface area contributed by atoms with Crippen LogP contribution in [0.2, 0.25) is 0 Å². The highest BCUT2D eigenvalue weighted by atomic mass is 19.1. The summed E-state index contributed by atoms with van der Waals surface area (Å²) >= 11 is 0. The minimum Gasteiger partial charge on any atom is -0.478 e. The Morgan fingerprint density at radius 3 is 2.27 bits per heavy atom. The minimum atomic E-state index is -1.27. The molecule has 0 aliphatic carbocycles. The predicted octanol–water partition coefficient (Wildman–Crippen LogP) is 2.11. The maximum Gasteiger partial charge on any atom is 0.329 e. The molecule has 0 heterocycles. The van der Waals surface area contributed by atoms with Gasteiger partial charge in [-0.05, 0) is 0 Å². The van der Waals surface area contributed by atoms with E-state index in [2.05, 4.69) is 5.32 Å². The van der Waals surface area contributed by atoms with E-state index >= 15 is 0 Å². The molecule has 1 aromatic rings. The quantitative estimate of drug-likeness (QED) is 0.762. The fourth-order valence-corrected chi connectivity index (χ4v) is 0.876. The zero-order valence-electron chi connectivity index (χ0n) is 7.30. The summed E-state index contributed by atoms with van der Waals surface area (Å²) < 4.78 is 38.3. The molecule has 0 atom stereocenters. The second kappa shape index (κ2) is 4.50. The summed E-state index contributed by atoms with van der Waals surface area (Å²) in [6, 6.07) is 0.972. The Kier molecular flexibility index (Phi) is 3.33. The van der Waals surface area contributed by atoms with Gasteiger partial charge in [0.2, 0.25) is 0 Å². The van der Waals surface area contributed by atoms with Gasteiger partial charge in [-0.25, -0.2) is 18.0 Å². The van der Waals surface area contributed by atoms with Crippen LogP contribution >= 0.6 is 0 Å². The first kappa shape index (κ1) is 11.1. The van der Waals surface area contributed by atoms with E-state index in [4.69, 9.17) is 5.11 Å². The Labute approximate surface area is 82.8 Å². The van der Waals surface area contributed by atoms with Crippen molar-refractivity contribution in [3.05, 3.63) is 41.9 Å². The second-order valence-corrected chi connectivity index (χ2v) is 2.56. The molecule has 2 N–H and O–H groups in total. The molecule has 1 aromatic carbocycles. The number of carbonyl (C=O) groups is 1. The summed E-state index contributed by atoms with van der Waals surface area (Å²) in [7, 11) is 0. The van der Waals surface area contributed by atoms with Crippen LogP contribution in [0.1, 0.15) is 0 Å². The standard InChI is InChI=1S/C9H6F3NO2/c10-5-3-6(11)9(7(12)4-5)13-2-1-8(14)15/h1-4,13H,(H,14,15)/b2-1+. The van der Waals surface area contributed by atoms with Gasteiger partial charge in [-0.15, -0.1) is 0 Å². The average molecular weight is 217 g/mol. The molecule has 15 heavy (non-hydrogen) atoms. The number of aliphatic carboxylic acids is 1. The molecule has 0 aliphatic heterocycles. The Balaban J connectivity index is 2.90. The van der Waals surface area contributed by atoms with E-state index in [1.807, 2.05) is 0 Å². The normalized spacial score (nSPS) is 10.6. The van der Waals surface area contributed by atoms with Gasteiger partial charge in [-0.3, -0.25) is 0 Å². The van der Waals surface area contributed by atoms with Crippen molar-refractivity contribution in [3.8, 4) is 0 Å². The van der Waals surface area contributed by atoms with Crippen molar-refractivity contribution < 1.29 is 23.1 Å². The van der Waals surface area contributed by atoms with E-state index in [-0.39, 0.29) is 0 Å². The fourth-order valence-electron chi connectivity index (χ4n) is 0.876. The lowest BCUT2D eigenvalue weighted by Gasteiger charge is -2.03. The van der Waals surface area contributed by atoms with Crippen LogP contribution in [0, 0.1) is 17.5 Å². The topological polar surface area (TPSA) is 49.3 Å². The first-order chi connectivity index (χ1) is 7.00. The molecule has 0 fully saturated rings. The van der Waals surface area contributed by atoms with E-state index < -0.39 is 29.1 Å². The smallest absolute Gasteiger partial charge is 0.329 e. The summed E-state index contributed by atoms with van der Waals surface area (Å²) in [5.74, 6) is -4.59. The third-order valence-electron chi connectivity index (χ3n) is 1.46. The van der Waals surface area contributed by atoms with Crippen molar-refractivity contribution in [1.82, 2.24) is 0 Å². The highest BCUT2D eigenvalue weighted by molar-refractivity contribution is 5.80. The molecule has 0 saturated carbocycles. The van der Waals surface area contributed by atoms with Crippen molar-refractivity contribution in [1.29, 1.82) is 0 Å². The third-order valence-corrected chi connectivity index (χ3v) is 1.46. The van der Waals surface area contributed by atoms with Crippen molar-refractivity contribution in [3.63, 3.8) is 0 Å². The second-order valence-electron chi connectivity index (χ2n) is 2.56. The number of rotatable bonds is 3. The molecular formula is C9H6F3NO2. The molecule has 0 spiro atoms. The third kappa shape index (κ3) is 3.01. The summed E-state index contributed by atoms with van der Waals surface area (Å²) in [4.78, 5) is 10.0. The fraction of sp³-hybridized carbons (Fsp3) is 0. The zero-order chi connectivity index (χ0) is 11.4. The van der Waals surface area contributed by atoms with Gasteiger partial charge >= 0.3 is 5.97 Å². The number of hydrogen-bond acceptors (Lipinski definition) is 2. The number of carboxylic acid groups (broad SMARTS) is 1. The molecule has 0 radical (unpaired) electrons. The van der Waals surface area contributed by atoms with Crippen LogP contribution in [0.3, 0.4) is 0 Å². The zero-order valence-corrected chi connectivity index (χ0v) is 7.30. The molecule has 0 amide bonds. The summed E-state index contributed by atoms with van der Waals surface area (Å²) in [6.45, 7) is 0. The molecule has 80 valence electrons. The molecule has 0 unspecified atom stereocenters. The first-order valence-electron chi connectivity index (χ1n) is 3.81. The van der Waals surface area contributed by atoms with Gasteiger partial charge in [-0.1, -0.05) is 0 Å². The SMILES string of the molecule is O=C(O)/C=C/Nc1c(F)cc(F)cc1F. The lowest BCUT2D eigenvalue weighted by molar-refractivity contribution is -0.131. The Bertz CT molecular complexity index is 395. The van der Waals surface area contributed by atoms with Crippen molar-refractivity contribution in [2.24, 2.45) is 0 Å². The first-order valence-corrected chi connectivity index (χ1v) is 3.81. The van der Waals surface area contributed by atoms with Gasteiger partial charge in [0.05, 0.1) is 0 Å². The van der Waals surface area contributed by atoms with Crippen LogP contribution in [0.25, 0.3) is 0 Å². The lowest BCUT2D eigenvalue weighted by Crippen LogP contribution is -1.98. The van der Waals surface area contributed by atoms with Crippen molar-refractivity contribution >= 4 is 11.7 Å². The van der Waals surface area contributed by atoms with E-state index in [1.54, 1.807) is 0 Å². The van der Waals surface area contributed by atoms with Crippen LogP contribution in [-0.2, 0) is 4.79 Å². The van der Waals surface area contributed by atoms with Crippen LogP contribution in [-0.4, -0.2) is 11.1 Å². The van der Waals surface area contributed by atoms with Gasteiger partial charge in [0, 0.05) is 24.4 Å². The number of carboxylic acids is 1. The monoisotopic (exact) mass is 217 g/mol. The van der Waals surface area contributed by atoms with Gasteiger partial charge in [0.1, 0.15) is 11.5 Å². The minimum absolute atomic E-state index is 0.486. The molecule has 0 saturated heterocycles. The van der Waals surface area contributed by atoms with Crippen molar-refractivity contribution in [2.45, 2.75) is 0 Å². The van der Waals surface area contributed by atoms with E-state index in [0.717, 1.165) is 6.20 Å². The Morgan fingerprint density at radius 1 is 1.27 bits per heavy atom. The molecular weight excluding hydrogens is 211 g/mol. The van der Waals surface area contributed by atoms with E-state index in [0.29, 0.717) is 18.2 Å². The largest absolute Gasteiger partial charge is 0.478 e. The lowest BCUT2D eigenvalue weighted by atomic mass is 10.3. The highest BCUT2D eigenvalue weighted by Gasteiger charge is 2.09. The molecule has 1 rings (SSSR count). The van der Waals surface area contributed by atoms with Crippen molar-refractivity contribution in [2.75, 3.05) is 5.32 Å². The summed E-state index contributed by atoms with van der Waals surface area (Å²) in [5, 5.41) is 10.3. The van der Waals surface area contributed by atoms with E-state index in [1.165, 1.54) is 0 Å². The molecule has 0 aromatic heterocycles. The number of nitrogens with one attached hydrogen (secondary N) is 1. The maximum absolute atomic E-state index is 12.9. The molecule has 0 bridgehead atoms. The van der Waals surface area contributed by atoms with Crippen LogP contribution in [0.15, 0.2) is 24.4 Å². The number of hydrogen-bond donors (Lipinski definition) is 2. The van der Waals surface area contributed by atoms with Crippen LogP contribution in [0.5, 0.6) is 0 Å². The predicted molar refractivity (Wildman–Crippen MR) is 46.7 cm³/mol. The van der Waals surface area contributed by atoms with Crippen LogP contribution < -0.4 is 5.32 Å². The molecule has 0 aliphatic rings. The van der Waals surface area contributed by atoms with Gasteiger partial charge in [0.25, 0.3) is 0 Å².